The van der Waals surface area contributed by atoms with Crippen LogP contribution in [0.4, 0.5) is 0 Å². The number of morpholine rings is 1. The molecule has 2 atom stereocenters. The Bertz CT molecular complexity index is 770. The van der Waals surface area contributed by atoms with E-state index >= 15 is 0 Å². The number of hydrogen-bond donors (Lipinski definition) is 1. The van der Waals surface area contributed by atoms with Crippen molar-refractivity contribution in [1.82, 2.24) is 14.8 Å². The smallest absolute Gasteiger partial charge is 0.261 e. The Hall–Kier alpha value is -1.66. The monoisotopic (exact) mass is 357 g/mol. The molecule has 0 unspecified atom stereocenters. The number of fused-ring (bicyclic) bond motifs is 2. The van der Waals surface area contributed by atoms with Crippen molar-refractivity contribution in [2.75, 3.05) is 32.8 Å². The Balaban J connectivity index is 1.34. The number of piperazine rings is 1. The average molecular weight is 357 g/mol. The summed E-state index contributed by atoms with van der Waals surface area (Å²) in [6.45, 7) is 3.78. The van der Waals surface area contributed by atoms with Gasteiger partial charge in [-0.3, -0.25) is 14.5 Å². The Morgan fingerprint density at radius 1 is 1.15 bits per heavy atom. The molecule has 140 valence electrons. The molecule has 0 aromatic carbocycles. The lowest BCUT2D eigenvalue weighted by molar-refractivity contribution is -0.0816. The molecule has 6 nitrogen and oxygen atoms in total. The van der Waals surface area contributed by atoms with E-state index in [1.54, 1.807) is 0 Å². The summed E-state index contributed by atoms with van der Waals surface area (Å²) in [5.74, 6) is 0.663. The number of aryl methyl sites for hydroxylation is 2. The van der Waals surface area contributed by atoms with Crippen LogP contribution in [-0.2, 0) is 17.6 Å². The first-order valence-corrected chi connectivity index (χ1v) is 10.1. The van der Waals surface area contributed by atoms with Crippen molar-refractivity contribution in [2.45, 2.75) is 50.6 Å². The second kappa shape index (κ2) is 6.50. The van der Waals surface area contributed by atoms with Gasteiger partial charge < -0.3 is 14.6 Å². The highest BCUT2D eigenvalue weighted by Crippen LogP contribution is 2.38. The van der Waals surface area contributed by atoms with Crippen molar-refractivity contribution in [1.29, 1.82) is 0 Å². The fraction of sp³-hybridized carbons (Fsp3) is 0.700. The predicted octanol–water partition coefficient (Wildman–Crippen LogP) is 1.19. The molecule has 3 heterocycles. The maximum atomic E-state index is 13.1. The molecule has 2 aliphatic heterocycles. The first kappa shape index (κ1) is 16.5. The minimum Gasteiger partial charge on any atom is -0.378 e. The number of aromatic amines is 1. The topological polar surface area (TPSA) is 65.6 Å². The number of carbonyl (C=O) groups excluding carboxylic acids is 1. The molecule has 26 heavy (non-hydrogen) atoms. The number of pyridine rings is 1. The number of hydrogen-bond acceptors (Lipinski definition) is 4. The molecule has 6 heteroatoms. The van der Waals surface area contributed by atoms with E-state index in [0.717, 1.165) is 56.0 Å². The van der Waals surface area contributed by atoms with Crippen molar-refractivity contribution in [2.24, 2.45) is 5.92 Å². The fourth-order valence-electron chi connectivity index (χ4n) is 4.95. The van der Waals surface area contributed by atoms with Gasteiger partial charge in [-0.15, -0.1) is 0 Å². The molecule has 1 N–H and O–H groups in total. The highest BCUT2D eigenvalue weighted by Gasteiger charge is 2.43. The van der Waals surface area contributed by atoms with Gasteiger partial charge in [-0.25, -0.2) is 0 Å². The Morgan fingerprint density at radius 3 is 2.85 bits per heavy atom. The summed E-state index contributed by atoms with van der Waals surface area (Å²) in [6, 6.07) is 2.65. The van der Waals surface area contributed by atoms with E-state index in [1.165, 1.54) is 12.8 Å². The van der Waals surface area contributed by atoms with Gasteiger partial charge in [-0.2, -0.15) is 0 Å². The number of rotatable bonds is 2. The normalized spacial score (nSPS) is 29.2. The lowest BCUT2D eigenvalue weighted by Crippen LogP contribution is -2.63. The zero-order valence-corrected chi connectivity index (χ0v) is 15.2. The van der Waals surface area contributed by atoms with E-state index in [2.05, 4.69) is 9.88 Å². The van der Waals surface area contributed by atoms with E-state index in [0.29, 0.717) is 31.3 Å². The largest absolute Gasteiger partial charge is 0.378 e. The summed E-state index contributed by atoms with van der Waals surface area (Å²) < 4.78 is 5.84. The summed E-state index contributed by atoms with van der Waals surface area (Å²) in [6.07, 6.45) is 6.74. The molecule has 2 aliphatic carbocycles. The summed E-state index contributed by atoms with van der Waals surface area (Å²) in [4.78, 5) is 32.9. The molecule has 4 aliphatic rings. The van der Waals surface area contributed by atoms with Crippen LogP contribution in [0.15, 0.2) is 10.9 Å². The molecular weight excluding hydrogens is 330 g/mol. The average Bonchev–Trinajstić information content (AvgIpc) is 3.51. The van der Waals surface area contributed by atoms with Gasteiger partial charge in [-0.1, -0.05) is 0 Å². The molecular formula is C20H27N3O3. The van der Waals surface area contributed by atoms with E-state index in [4.69, 9.17) is 4.74 Å². The van der Waals surface area contributed by atoms with Gasteiger partial charge in [0.2, 0.25) is 0 Å². The molecule has 1 amide bonds. The van der Waals surface area contributed by atoms with Crippen LogP contribution >= 0.6 is 0 Å². The highest BCUT2D eigenvalue weighted by atomic mass is 16.5. The van der Waals surface area contributed by atoms with Crippen molar-refractivity contribution in [3.8, 4) is 0 Å². The standard InChI is InChI=1S/C20H27N3O3/c24-19-16(9-14-3-1-2-4-17(14)21-19)20(25)22-7-8-23-15(10-22)11-26-12-18(23)13-5-6-13/h9,13,15,18H,1-8,10-12H2,(H,21,24)/t15-,18-/m1/s1. The van der Waals surface area contributed by atoms with Gasteiger partial charge in [0.15, 0.2) is 0 Å². The van der Waals surface area contributed by atoms with Crippen molar-refractivity contribution >= 4 is 5.91 Å². The van der Waals surface area contributed by atoms with Crippen molar-refractivity contribution in [3.63, 3.8) is 0 Å². The summed E-state index contributed by atoms with van der Waals surface area (Å²) in [5.41, 5.74) is 2.26. The highest BCUT2D eigenvalue weighted by molar-refractivity contribution is 5.94. The van der Waals surface area contributed by atoms with Gasteiger partial charge in [0.05, 0.1) is 19.3 Å². The van der Waals surface area contributed by atoms with E-state index in [9.17, 15) is 9.59 Å². The Labute approximate surface area is 153 Å². The molecule has 5 rings (SSSR count). The Morgan fingerprint density at radius 2 is 2.00 bits per heavy atom. The predicted molar refractivity (Wildman–Crippen MR) is 97.4 cm³/mol. The van der Waals surface area contributed by atoms with Crippen LogP contribution in [0.1, 0.15) is 47.3 Å². The summed E-state index contributed by atoms with van der Waals surface area (Å²) in [7, 11) is 0. The fourth-order valence-corrected chi connectivity index (χ4v) is 4.95. The third-order valence-electron chi connectivity index (χ3n) is 6.58. The number of H-pyrrole nitrogens is 1. The van der Waals surface area contributed by atoms with Crippen LogP contribution in [-0.4, -0.2) is 65.6 Å². The molecule has 0 spiro atoms. The van der Waals surface area contributed by atoms with Gasteiger partial charge in [0, 0.05) is 31.4 Å². The number of carbonyl (C=O) groups is 1. The number of nitrogens with one attached hydrogen (secondary N) is 1. The van der Waals surface area contributed by atoms with Crippen LogP contribution < -0.4 is 5.56 Å². The van der Waals surface area contributed by atoms with Crippen LogP contribution in [0.5, 0.6) is 0 Å². The molecule has 1 aromatic heterocycles. The van der Waals surface area contributed by atoms with Gasteiger partial charge in [0.1, 0.15) is 5.56 Å². The first-order chi connectivity index (χ1) is 12.7. The maximum absolute atomic E-state index is 13.1. The van der Waals surface area contributed by atoms with E-state index in [-0.39, 0.29) is 17.5 Å². The second-order valence-corrected chi connectivity index (χ2v) is 8.31. The molecule has 1 aromatic rings. The Kier molecular flexibility index (Phi) is 4.13. The molecule has 1 saturated carbocycles. The zero-order chi connectivity index (χ0) is 17.7. The van der Waals surface area contributed by atoms with Crippen molar-refractivity contribution in [3.05, 3.63) is 33.2 Å². The molecule has 0 radical (unpaired) electrons. The van der Waals surface area contributed by atoms with Crippen molar-refractivity contribution < 1.29 is 9.53 Å². The number of amides is 1. The SMILES string of the molecule is O=C(c1cc2c([nH]c1=O)CCCC2)N1CCN2[C@@H](COC[C@@H]2C2CC2)C1. The lowest BCUT2D eigenvalue weighted by Gasteiger charge is -2.48. The number of nitrogens with zero attached hydrogens (tertiary/aromatic N) is 2. The third-order valence-corrected chi connectivity index (χ3v) is 6.58. The van der Waals surface area contributed by atoms with Crippen LogP contribution in [0.2, 0.25) is 0 Å². The lowest BCUT2D eigenvalue weighted by atomic mass is 9.94. The minimum atomic E-state index is -0.228. The summed E-state index contributed by atoms with van der Waals surface area (Å²) >= 11 is 0. The van der Waals surface area contributed by atoms with Crippen LogP contribution in [0.25, 0.3) is 0 Å². The zero-order valence-electron chi connectivity index (χ0n) is 15.2. The summed E-state index contributed by atoms with van der Waals surface area (Å²) in [5, 5.41) is 0. The van der Waals surface area contributed by atoms with Gasteiger partial charge >= 0.3 is 0 Å². The minimum absolute atomic E-state index is 0.118. The van der Waals surface area contributed by atoms with Gasteiger partial charge in [0.25, 0.3) is 11.5 Å². The van der Waals surface area contributed by atoms with Crippen LogP contribution in [0, 0.1) is 5.92 Å². The number of ether oxygens (including phenoxy) is 1. The second-order valence-electron chi connectivity index (χ2n) is 8.31. The maximum Gasteiger partial charge on any atom is 0.261 e. The van der Waals surface area contributed by atoms with E-state index in [1.807, 2.05) is 11.0 Å². The number of aromatic nitrogens is 1. The van der Waals surface area contributed by atoms with Gasteiger partial charge in [-0.05, 0) is 56.1 Å². The first-order valence-electron chi connectivity index (χ1n) is 10.1. The third kappa shape index (κ3) is 2.89. The molecule has 3 fully saturated rings. The van der Waals surface area contributed by atoms with E-state index < -0.39 is 0 Å². The van der Waals surface area contributed by atoms with Crippen LogP contribution in [0.3, 0.4) is 0 Å². The quantitative estimate of drug-likeness (QED) is 0.863. The molecule has 0 bridgehead atoms. The molecule has 2 saturated heterocycles.